The third kappa shape index (κ3) is 8.32. The minimum Gasteiger partial charge on any atom is -0.461 e. The van der Waals surface area contributed by atoms with Gasteiger partial charge in [-0.3, -0.25) is 4.79 Å². The number of carbonyl (C=O) groups is 1. The number of carbonyl (C=O) groups excluding carboxylic acids is 1. The Bertz CT molecular complexity index is 650. The van der Waals surface area contributed by atoms with E-state index in [9.17, 15) is 4.79 Å². The van der Waals surface area contributed by atoms with Gasteiger partial charge in [0.1, 0.15) is 6.61 Å². The van der Waals surface area contributed by atoms with Crippen LogP contribution in [0.2, 0.25) is 0 Å². The lowest BCUT2D eigenvalue weighted by Crippen LogP contribution is -2.17. The highest BCUT2D eigenvalue weighted by atomic mass is 16.5. The molecule has 0 unspecified atom stereocenters. The molecule has 0 atom stereocenters. The highest BCUT2D eigenvalue weighted by molar-refractivity contribution is 5.69. The van der Waals surface area contributed by atoms with Crippen LogP contribution in [0.5, 0.6) is 0 Å². The van der Waals surface area contributed by atoms with Crippen LogP contribution >= 0.6 is 0 Å². The predicted octanol–water partition coefficient (Wildman–Crippen LogP) is 4.59. The van der Waals surface area contributed by atoms with Gasteiger partial charge in [-0.2, -0.15) is 0 Å². The molecule has 0 aliphatic heterocycles. The molecular formula is C22H27NO2. The molecule has 0 fully saturated rings. The maximum Gasteiger partial charge on any atom is 0.306 e. The van der Waals surface area contributed by atoms with Gasteiger partial charge in [0.25, 0.3) is 0 Å². The van der Waals surface area contributed by atoms with Crippen LogP contribution in [0, 0.1) is 0 Å². The molecule has 132 valence electrons. The monoisotopic (exact) mass is 337 g/mol. The Kier molecular flexibility index (Phi) is 8.50. The average molecular weight is 337 g/mol. The lowest BCUT2D eigenvalue weighted by molar-refractivity contribution is -0.145. The normalized spacial score (nSPS) is 11.3. The van der Waals surface area contributed by atoms with Gasteiger partial charge < -0.3 is 10.1 Å². The van der Waals surface area contributed by atoms with E-state index in [1.54, 1.807) is 0 Å². The summed E-state index contributed by atoms with van der Waals surface area (Å²) in [6.07, 6.45) is 4.49. The van der Waals surface area contributed by atoms with E-state index < -0.39 is 0 Å². The van der Waals surface area contributed by atoms with E-state index in [0.717, 1.165) is 31.5 Å². The molecule has 0 heterocycles. The molecule has 25 heavy (non-hydrogen) atoms. The largest absolute Gasteiger partial charge is 0.461 e. The zero-order valence-corrected chi connectivity index (χ0v) is 14.9. The van der Waals surface area contributed by atoms with Crippen LogP contribution in [0.25, 0.3) is 6.08 Å². The molecule has 0 spiro atoms. The zero-order valence-electron chi connectivity index (χ0n) is 14.9. The van der Waals surface area contributed by atoms with E-state index in [-0.39, 0.29) is 5.97 Å². The summed E-state index contributed by atoms with van der Waals surface area (Å²) in [5.74, 6) is -0.121. The molecule has 0 amide bonds. The first kappa shape index (κ1) is 18.9. The van der Waals surface area contributed by atoms with Gasteiger partial charge in [-0.25, -0.2) is 0 Å². The van der Waals surface area contributed by atoms with Gasteiger partial charge in [0, 0.05) is 13.0 Å². The van der Waals surface area contributed by atoms with Crippen molar-refractivity contribution in [2.45, 2.75) is 32.8 Å². The molecule has 2 aromatic carbocycles. The fourth-order valence-electron chi connectivity index (χ4n) is 2.50. The molecule has 0 bridgehead atoms. The summed E-state index contributed by atoms with van der Waals surface area (Å²) in [5.41, 5.74) is 3.55. The standard InChI is InChI=1S/C22H27NO2/c1-19(16-20-10-4-2-5-11-20)17-23-15-9-8-14-22(24)25-18-21-12-6-3-7-13-21/h2-7,10-13,16,23H,8-9,14-15,17-18H2,1H3/b19-16+. The van der Waals surface area contributed by atoms with Gasteiger partial charge in [-0.1, -0.05) is 72.3 Å². The molecule has 0 saturated heterocycles. The quantitative estimate of drug-likeness (QED) is 0.509. The van der Waals surface area contributed by atoms with Crippen LogP contribution < -0.4 is 5.32 Å². The van der Waals surface area contributed by atoms with Gasteiger partial charge in [0.2, 0.25) is 0 Å². The van der Waals surface area contributed by atoms with Crippen LogP contribution in [-0.2, 0) is 16.1 Å². The Morgan fingerprint density at radius 3 is 2.40 bits per heavy atom. The second kappa shape index (κ2) is 11.2. The van der Waals surface area contributed by atoms with Crippen LogP contribution in [0.15, 0.2) is 66.2 Å². The van der Waals surface area contributed by atoms with E-state index in [4.69, 9.17) is 4.74 Å². The SMILES string of the molecule is C/C(=C\c1ccccc1)CNCCCCC(=O)OCc1ccccc1. The molecule has 0 aliphatic carbocycles. The third-order valence-electron chi connectivity index (χ3n) is 3.84. The number of unbranched alkanes of at least 4 members (excludes halogenated alkanes) is 1. The number of rotatable bonds is 10. The highest BCUT2D eigenvalue weighted by Gasteiger charge is 2.03. The maximum absolute atomic E-state index is 11.7. The Labute approximate surface area is 150 Å². The minimum absolute atomic E-state index is 0.121. The summed E-state index contributed by atoms with van der Waals surface area (Å²) < 4.78 is 5.27. The number of ether oxygens (including phenoxy) is 1. The van der Waals surface area contributed by atoms with Gasteiger partial charge >= 0.3 is 5.97 Å². The lowest BCUT2D eigenvalue weighted by atomic mass is 10.1. The van der Waals surface area contributed by atoms with Gasteiger partial charge in [0.05, 0.1) is 0 Å². The third-order valence-corrected chi connectivity index (χ3v) is 3.84. The summed E-state index contributed by atoms with van der Waals surface area (Å²) in [5, 5.41) is 3.42. The van der Waals surface area contributed by atoms with Crippen molar-refractivity contribution in [2.75, 3.05) is 13.1 Å². The van der Waals surface area contributed by atoms with E-state index >= 15 is 0 Å². The fourth-order valence-corrected chi connectivity index (χ4v) is 2.50. The fraction of sp³-hybridized carbons (Fsp3) is 0.318. The molecule has 0 aromatic heterocycles. The molecular weight excluding hydrogens is 310 g/mol. The minimum atomic E-state index is -0.121. The number of hydrogen-bond acceptors (Lipinski definition) is 3. The van der Waals surface area contributed by atoms with Crippen molar-refractivity contribution < 1.29 is 9.53 Å². The van der Waals surface area contributed by atoms with Crippen molar-refractivity contribution in [1.82, 2.24) is 5.32 Å². The summed E-state index contributed by atoms with van der Waals surface area (Å²) in [4.78, 5) is 11.7. The molecule has 2 aromatic rings. The molecule has 3 nitrogen and oxygen atoms in total. The second-order valence-corrected chi connectivity index (χ2v) is 6.18. The first-order valence-electron chi connectivity index (χ1n) is 8.86. The van der Waals surface area contributed by atoms with Gasteiger partial charge in [0.15, 0.2) is 0 Å². The summed E-state index contributed by atoms with van der Waals surface area (Å²) >= 11 is 0. The highest BCUT2D eigenvalue weighted by Crippen LogP contribution is 2.06. The van der Waals surface area contributed by atoms with E-state index in [1.807, 2.05) is 48.5 Å². The maximum atomic E-state index is 11.7. The van der Waals surface area contributed by atoms with E-state index in [1.165, 1.54) is 11.1 Å². The Morgan fingerprint density at radius 2 is 1.68 bits per heavy atom. The molecule has 0 aliphatic rings. The number of benzene rings is 2. The van der Waals surface area contributed by atoms with Crippen LogP contribution in [0.3, 0.4) is 0 Å². The van der Waals surface area contributed by atoms with Crippen molar-refractivity contribution in [2.24, 2.45) is 0 Å². The number of nitrogens with one attached hydrogen (secondary N) is 1. The van der Waals surface area contributed by atoms with Crippen molar-refractivity contribution in [3.8, 4) is 0 Å². The van der Waals surface area contributed by atoms with Crippen molar-refractivity contribution >= 4 is 12.0 Å². The van der Waals surface area contributed by atoms with Gasteiger partial charge in [-0.15, -0.1) is 0 Å². The Hall–Kier alpha value is -2.39. The Morgan fingerprint density at radius 1 is 1.00 bits per heavy atom. The van der Waals surface area contributed by atoms with Crippen LogP contribution in [0.1, 0.15) is 37.3 Å². The summed E-state index contributed by atoms with van der Waals surface area (Å²) in [7, 11) is 0. The van der Waals surface area contributed by atoms with E-state index in [0.29, 0.717) is 13.0 Å². The molecule has 3 heteroatoms. The topological polar surface area (TPSA) is 38.3 Å². The predicted molar refractivity (Wildman–Crippen MR) is 103 cm³/mol. The van der Waals surface area contributed by atoms with E-state index in [2.05, 4.69) is 30.4 Å². The molecule has 0 saturated carbocycles. The summed E-state index contributed by atoms with van der Waals surface area (Å²) in [6.45, 7) is 4.27. The van der Waals surface area contributed by atoms with Crippen molar-refractivity contribution in [3.63, 3.8) is 0 Å². The lowest BCUT2D eigenvalue weighted by Gasteiger charge is -2.06. The summed E-state index contributed by atoms with van der Waals surface area (Å²) in [6, 6.07) is 20.1. The van der Waals surface area contributed by atoms with Crippen LogP contribution in [-0.4, -0.2) is 19.1 Å². The second-order valence-electron chi connectivity index (χ2n) is 6.18. The molecule has 1 N–H and O–H groups in total. The molecule has 2 rings (SSSR count). The smallest absolute Gasteiger partial charge is 0.306 e. The number of hydrogen-bond donors (Lipinski definition) is 1. The first-order chi connectivity index (χ1) is 12.2. The van der Waals surface area contributed by atoms with Crippen molar-refractivity contribution in [1.29, 1.82) is 0 Å². The molecule has 0 radical (unpaired) electrons. The average Bonchev–Trinajstić information content (AvgIpc) is 2.64. The first-order valence-corrected chi connectivity index (χ1v) is 8.86. The van der Waals surface area contributed by atoms with Gasteiger partial charge in [-0.05, 0) is 37.4 Å². The van der Waals surface area contributed by atoms with Crippen molar-refractivity contribution in [3.05, 3.63) is 77.4 Å². The number of esters is 1. The van der Waals surface area contributed by atoms with Crippen LogP contribution in [0.4, 0.5) is 0 Å². The zero-order chi connectivity index (χ0) is 17.7. The Balaban J connectivity index is 1.51.